The number of nitrogens with two attached hydrogens (primary N) is 1. The normalized spacial score (nSPS) is 11.1. The Morgan fingerprint density at radius 2 is 1.96 bits per heavy atom. The van der Waals surface area contributed by atoms with Gasteiger partial charge in [-0.05, 0) is 24.3 Å². The van der Waals surface area contributed by atoms with E-state index in [1.165, 1.54) is 30.6 Å². The maximum atomic E-state index is 14.9. The lowest BCUT2D eigenvalue weighted by Gasteiger charge is -2.10. The minimum atomic E-state index is -0.999. The molecule has 0 aliphatic heterocycles. The average molecular weight is 401 g/mol. The Morgan fingerprint density at radius 3 is 2.64 bits per heavy atom. The summed E-state index contributed by atoms with van der Waals surface area (Å²) >= 11 is 6.16. The van der Waals surface area contributed by atoms with Gasteiger partial charge in [-0.2, -0.15) is 5.10 Å². The van der Waals surface area contributed by atoms with Gasteiger partial charge >= 0.3 is 0 Å². The van der Waals surface area contributed by atoms with E-state index >= 15 is 0 Å². The molecule has 0 spiro atoms. The molecular weight excluding hydrogens is 390 g/mol. The zero-order chi connectivity index (χ0) is 20.0. The van der Waals surface area contributed by atoms with Crippen LogP contribution in [-0.2, 0) is 0 Å². The maximum absolute atomic E-state index is 14.9. The highest BCUT2D eigenvalue weighted by Gasteiger charge is 2.20. The van der Waals surface area contributed by atoms with E-state index in [2.05, 4.69) is 15.2 Å². The Balaban J connectivity index is 1.99. The summed E-state index contributed by atoms with van der Waals surface area (Å²) in [5.41, 5.74) is 5.04. The third-order valence-corrected chi connectivity index (χ3v) is 4.67. The van der Waals surface area contributed by atoms with Crippen molar-refractivity contribution in [1.82, 2.24) is 15.2 Å². The molecule has 28 heavy (non-hydrogen) atoms. The second-order valence-corrected chi connectivity index (χ2v) is 6.47. The van der Waals surface area contributed by atoms with Gasteiger partial charge in [-0.1, -0.05) is 11.6 Å². The molecule has 0 atom stereocenters. The quantitative estimate of drug-likeness (QED) is 0.489. The van der Waals surface area contributed by atoms with Crippen molar-refractivity contribution >= 4 is 28.4 Å². The van der Waals surface area contributed by atoms with Gasteiger partial charge in [0.15, 0.2) is 5.43 Å². The van der Waals surface area contributed by atoms with Gasteiger partial charge in [-0.3, -0.25) is 14.7 Å². The number of primary amides is 1. The zero-order valence-corrected chi connectivity index (χ0v) is 14.8. The summed E-state index contributed by atoms with van der Waals surface area (Å²) in [4.78, 5) is 26.8. The summed E-state index contributed by atoms with van der Waals surface area (Å²) in [5, 5.41) is 6.08. The van der Waals surface area contributed by atoms with Crippen LogP contribution in [0.4, 0.5) is 8.78 Å². The van der Waals surface area contributed by atoms with E-state index in [0.29, 0.717) is 5.56 Å². The first-order chi connectivity index (χ1) is 13.4. The van der Waals surface area contributed by atoms with E-state index in [0.717, 1.165) is 12.1 Å². The molecule has 9 heteroatoms. The molecule has 0 aliphatic rings. The largest absolute Gasteiger partial charge is 0.366 e. The standard InChI is InChI=1S/C19H11ClF2N4O2/c20-11-2-1-8(19(23)28)3-10(11)13-5-15(27)17-14(26-13)4-12(21)16(18(17)22)9-6-24-25-7-9/h1-7H,(H2,23,28)(H,24,25)(H,26,27). The number of pyridine rings is 1. The number of fused-ring (bicyclic) bond motifs is 1. The zero-order valence-electron chi connectivity index (χ0n) is 14.0. The molecular formula is C19H11ClF2N4O2. The van der Waals surface area contributed by atoms with Crippen LogP contribution in [0.2, 0.25) is 5.02 Å². The number of carbonyl (C=O) groups excluding carboxylic acids is 1. The molecule has 4 N–H and O–H groups in total. The Labute approximate surface area is 161 Å². The molecule has 4 rings (SSSR count). The van der Waals surface area contributed by atoms with Gasteiger partial charge in [0.2, 0.25) is 5.91 Å². The molecule has 1 amide bonds. The van der Waals surface area contributed by atoms with Crippen LogP contribution in [-0.4, -0.2) is 21.1 Å². The first-order valence-electron chi connectivity index (χ1n) is 8.00. The van der Waals surface area contributed by atoms with E-state index in [4.69, 9.17) is 17.3 Å². The topological polar surface area (TPSA) is 105 Å². The molecule has 0 radical (unpaired) electrons. The first kappa shape index (κ1) is 17.9. The molecule has 2 aromatic carbocycles. The van der Waals surface area contributed by atoms with Crippen LogP contribution in [0, 0.1) is 11.6 Å². The number of aromatic amines is 2. The van der Waals surface area contributed by atoms with Crippen molar-refractivity contribution in [2.24, 2.45) is 5.73 Å². The van der Waals surface area contributed by atoms with E-state index in [1.54, 1.807) is 0 Å². The van der Waals surface area contributed by atoms with Gasteiger partial charge in [0, 0.05) is 34.0 Å². The number of hydrogen-bond acceptors (Lipinski definition) is 3. The number of rotatable bonds is 3. The second kappa shape index (κ2) is 6.58. The third kappa shape index (κ3) is 2.84. The predicted molar refractivity (Wildman–Crippen MR) is 101 cm³/mol. The lowest BCUT2D eigenvalue weighted by atomic mass is 10.0. The van der Waals surface area contributed by atoms with Crippen LogP contribution < -0.4 is 11.2 Å². The summed E-state index contributed by atoms with van der Waals surface area (Å²) in [6.45, 7) is 0. The van der Waals surface area contributed by atoms with Crippen LogP contribution in [0.5, 0.6) is 0 Å². The Hall–Kier alpha value is -3.52. The first-order valence-corrected chi connectivity index (χ1v) is 8.38. The van der Waals surface area contributed by atoms with Crippen molar-refractivity contribution in [3.8, 4) is 22.4 Å². The van der Waals surface area contributed by atoms with E-state index in [9.17, 15) is 18.4 Å². The fraction of sp³-hybridized carbons (Fsp3) is 0. The van der Waals surface area contributed by atoms with Gasteiger partial charge in [-0.25, -0.2) is 8.78 Å². The number of amides is 1. The SMILES string of the molecule is NC(=O)c1ccc(Cl)c(-c2cc(=O)c3c(F)c(-c4cn[nH]c4)c(F)cc3[nH]2)c1. The minimum absolute atomic E-state index is 0.0507. The maximum Gasteiger partial charge on any atom is 0.248 e. The monoisotopic (exact) mass is 400 g/mol. The van der Waals surface area contributed by atoms with Crippen LogP contribution in [0.1, 0.15) is 10.4 Å². The molecule has 0 saturated heterocycles. The molecule has 140 valence electrons. The fourth-order valence-electron chi connectivity index (χ4n) is 3.03. The number of carbonyl (C=O) groups is 1. The van der Waals surface area contributed by atoms with Gasteiger partial charge in [0.05, 0.1) is 28.4 Å². The van der Waals surface area contributed by atoms with Gasteiger partial charge < -0.3 is 10.7 Å². The van der Waals surface area contributed by atoms with Crippen molar-refractivity contribution in [3.05, 3.63) is 75.2 Å². The lowest BCUT2D eigenvalue weighted by Crippen LogP contribution is -2.11. The predicted octanol–water partition coefficient (Wildman–Crippen LogP) is 3.62. The van der Waals surface area contributed by atoms with Crippen LogP contribution in [0.15, 0.2) is 47.5 Å². The van der Waals surface area contributed by atoms with Crippen LogP contribution >= 0.6 is 11.6 Å². The highest BCUT2D eigenvalue weighted by molar-refractivity contribution is 6.33. The molecule has 4 aromatic rings. The number of H-pyrrole nitrogens is 2. The van der Waals surface area contributed by atoms with Crippen LogP contribution in [0.25, 0.3) is 33.3 Å². The van der Waals surface area contributed by atoms with Crippen molar-refractivity contribution < 1.29 is 13.6 Å². The Bertz CT molecular complexity index is 1300. The molecule has 0 saturated carbocycles. The molecule has 0 bridgehead atoms. The van der Waals surface area contributed by atoms with E-state index in [-0.39, 0.29) is 38.3 Å². The number of nitrogens with one attached hydrogen (secondary N) is 2. The Kier molecular flexibility index (Phi) is 4.20. The molecule has 0 unspecified atom stereocenters. The number of nitrogens with zero attached hydrogens (tertiary/aromatic N) is 1. The van der Waals surface area contributed by atoms with Crippen molar-refractivity contribution in [2.75, 3.05) is 0 Å². The number of hydrogen-bond donors (Lipinski definition) is 3. The molecule has 2 heterocycles. The summed E-state index contributed by atoms with van der Waals surface area (Å²) in [7, 11) is 0. The molecule has 0 fully saturated rings. The third-order valence-electron chi connectivity index (χ3n) is 4.34. The van der Waals surface area contributed by atoms with Crippen LogP contribution in [0.3, 0.4) is 0 Å². The summed E-state index contributed by atoms with van der Waals surface area (Å²) in [5.74, 6) is -2.54. The van der Waals surface area contributed by atoms with Gasteiger partial charge in [-0.15, -0.1) is 0 Å². The van der Waals surface area contributed by atoms with Gasteiger partial charge in [0.25, 0.3) is 0 Å². The van der Waals surface area contributed by atoms with Crippen molar-refractivity contribution in [2.45, 2.75) is 0 Å². The van der Waals surface area contributed by atoms with Crippen molar-refractivity contribution in [1.29, 1.82) is 0 Å². The highest BCUT2D eigenvalue weighted by atomic mass is 35.5. The smallest absolute Gasteiger partial charge is 0.248 e. The van der Waals surface area contributed by atoms with E-state index < -0.39 is 23.0 Å². The van der Waals surface area contributed by atoms with Crippen molar-refractivity contribution in [3.63, 3.8) is 0 Å². The summed E-state index contributed by atoms with van der Waals surface area (Å²) in [6, 6.07) is 6.44. The molecule has 2 aromatic heterocycles. The fourth-order valence-corrected chi connectivity index (χ4v) is 3.24. The summed E-state index contributed by atoms with van der Waals surface area (Å²) in [6.07, 6.45) is 2.58. The number of aromatic nitrogens is 3. The second-order valence-electron chi connectivity index (χ2n) is 6.06. The minimum Gasteiger partial charge on any atom is -0.366 e. The molecule has 6 nitrogen and oxygen atoms in total. The average Bonchev–Trinajstić information content (AvgIpc) is 3.15. The van der Waals surface area contributed by atoms with Gasteiger partial charge in [0.1, 0.15) is 11.6 Å². The Morgan fingerprint density at radius 1 is 1.18 bits per heavy atom. The van der Waals surface area contributed by atoms with E-state index in [1.807, 2.05) is 0 Å². The summed E-state index contributed by atoms with van der Waals surface area (Å²) < 4.78 is 29.5. The molecule has 0 aliphatic carbocycles. The number of halogens is 3. The number of benzene rings is 2. The highest BCUT2D eigenvalue weighted by Crippen LogP contribution is 2.32. The lowest BCUT2D eigenvalue weighted by molar-refractivity contribution is 0.100.